The Hall–Kier alpha value is -5.80. The molecule has 7 aromatic carbocycles. The van der Waals surface area contributed by atoms with Gasteiger partial charge in [-0.2, -0.15) is 0 Å². The van der Waals surface area contributed by atoms with Gasteiger partial charge >= 0.3 is 0 Å². The topological polar surface area (TPSA) is 17.4 Å². The molecule has 0 amide bonds. The molecule has 0 unspecified atom stereocenters. The Morgan fingerprint density at radius 3 is 1.84 bits per heavy atom. The molecule has 8 aromatic rings. The van der Waals surface area contributed by atoms with Gasteiger partial charge in [0.1, 0.15) is 0 Å². The number of aromatic nitrogens is 1. The van der Waals surface area contributed by atoms with E-state index in [9.17, 15) is 0 Å². The number of benzene rings is 7. The molecule has 0 fully saturated rings. The van der Waals surface area contributed by atoms with Crippen molar-refractivity contribution in [3.8, 4) is 28.3 Å². The quantitative estimate of drug-likeness (QED) is 0.217. The second kappa shape index (κ2) is 9.37. The van der Waals surface area contributed by atoms with E-state index in [1.165, 1.54) is 27.1 Å². The van der Waals surface area contributed by atoms with Crippen LogP contribution in [0.3, 0.4) is 0 Å². The van der Waals surface area contributed by atoms with Gasteiger partial charge in [0.2, 0.25) is 0 Å². The molecule has 1 aromatic heterocycles. The number of hydrogen-bond donors (Lipinski definition) is 0. The summed E-state index contributed by atoms with van der Waals surface area (Å²) in [5.74, 6) is 1.76. The van der Waals surface area contributed by atoms with Gasteiger partial charge in [-0.15, -0.1) is 0 Å². The van der Waals surface area contributed by atoms with Gasteiger partial charge in [-0.25, -0.2) is 0 Å². The molecule has 0 atom stereocenters. The Morgan fingerprint density at radius 2 is 1.07 bits per heavy atom. The van der Waals surface area contributed by atoms with E-state index >= 15 is 0 Å². The first-order valence-electron chi connectivity index (χ1n) is 14.6. The van der Waals surface area contributed by atoms with Crippen LogP contribution in [-0.2, 0) is 0 Å². The Balaban J connectivity index is 1.29. The Bertz CT molecular complexity index is 2280. The van der Waals surface area contributed by atoms with Crippen molar-refractivity contribution in [1.82, 2.24) is 4.57 Å². The minimum absolute atomic E-state index is 0.879. The fourth-order valence-corrected chi connectivity index (χ4v) is 6.74. The zero-order valence-electron chi connectivity index (χ0n) is 23.3. The molecule has 0 radical (unpaired) electrons. The average Bonchev–Trinajstić information content (AvgIpc) is 3.42. The van der Waals surface area contributed by atoms with Crippen LogP contribution in [0.1, 0.15) is 0 Å². The average molecular weight is 551 g/mol. The lowest BCUT2D eigenvalue weighted by molar-refractivity contribution is 0.478. The minimum atomic E-state index is 0.879. The van der Waals surface area contributed by atoms with Gasteiger partial charge < -0.3 is 14.2 Å². The van der Waals surface area contributed by atoms with E-state index in [1.807, 2.05) is 0 Å². The highest BCUT2D eigenvalue weighted by molar-refractivity contribution is 6.13. The predicted molar refractivity (Wildman–Crippen MR) is 178 cm³/mol. The van der Waals surface area contributed by atoms with E-state index < -0.39 is 0 Å². The molecule has 0 spiro atoms. The summed E-state index contributed by atoms with van der Waals surface area (Å²) in [6.07, 6.45) is 0. The van der Waals surface area contributed by atoms with E-state index in [2.05, 4.69) is 167 Å². The molecule has 0 saturated heterocycles. The van der Waals surface area contributed by atoms with Crippen molar-refractivity contribution in [2.45, 2.75) is 0 Å². The molecule has 1 aliphatic rings. The van der Waals surface area contributed by atoms with Crippen molar-refractivity contribution in [1.29, 1.82) is 0 Å². The van der Waals surface area contributed by atoms with Crippen molar-refractivity contribution >= 4 is 49.6 Å². The number of para-hydroxylation sites is 5. The summed E-state index contributed by atoms with van der Waals surface area (Å²) >= 11 is 0. The fraction of sp³-hybridized carbons (Fsp3) is 0. The smallest absolute Gasteiger partial charge is 0.159 e. The lowest BCUT2D eigenvalue weighted by atomic mass is 9.95. The molecule has 1 aliphatic heterocycles. The normalized spacial score (nSPS) is 11.9. The molecular weight excluding hydrogens is 524 g/mol. The first-order valence-corrected chi connectivity index (χ1v) is 14.6. The van der Waals surface area contributed by atoms with Crippen molar-refractivity contribution in [3.05, 3.63) is 158 Å². The summed E-state index contributed by atoms with van der Waals surface area (Å²) in [5.41, 5.74) is 8.95. The minimum Gasteiger partial charge on any atom is -0.452 e. The molecule has 43 heavy (non-hydrogen) atoms. The van der Waals surface area contributed by atoms with Crippen molar-refractivity contribution in [2.75, 3.05) is 4.90 Å². The number of hydrogen-bond acceptors (Lipinski definition) is 2. The van der Waals surface area contributed by atoms with E-state index in [1.54, 1.807) is 0 Å². The maximum absolute atomic E-state index is 6.80. The molecule has 3 heteroatoms. The largest absolute Gasteiger partial charge is 0.452 e. The first-order chi connectivity index (χ1) is 21.4. The number of rotatable bonds is 4. The third-order valence-electron chi connectivity index (χ3n) is 8.57. The second-order valence-electron chi connectivity index (χ2n) is 10.9. The number of ether oxygens (including phenoxy) is 1. The molecule has 202 valence electrons. The lowest BCUT2D eigenvalue weighted by Crippen LogP contribution is -2.10. The van der Waals surface area contributed by atoms with E-state index in [0.29, 0.717) is 0 Å². The summed E-state index contributed by atoms with van der Waals surface area (Å²) in [7, 11) is 0. The molecule has 3 nitrogen and oxygen atoms in total. The van der Waals surface area contributed by atoms with Crippen molar-refractivity contribution < 1.29 is 4.74 Å². The highest BCUT2D eigenvalue weighted by Gasteiger charge is 2.26. The van der Waals surface area contributed by atoms with E-state index in [4.69, 9.17) is 4.74 Å². The summed E-state index contributed by atoms with van der Waals surface area (Å²) in [4.78, 5) is 2.34. The zero-order chi connectivity index (χ0) is 28.3. The first kappa shape index (κ1) is 23.9. The van der Waals surface area contributed by atoms with Gasteiger partial charge in [-0.1, -0.05) is 109 Å². The van der Waals surface area contributed by atoms with Crippen LogP contribution in [-0.4, -0.2) is 4.57 Å². The lowest BCUT2D eigenvalue weighted by Gasteiger charge is -2.28. The molecule has 0 aliphatic carbocycles. The molecule has 0 N–H and O–H groups in total. The van der Waals surface area contributed by atoms with Crippen LogP contribution >= 0.6 is 0 Å². The SMILES string of the molecule is c1ccc(N(c2ccccc2)c2ccc(-c3cccc4c3Oc3cccc5c6ccccc6n-4c35)c3ccccc23)cc1. The monoisotopic (exact) mass is 550 g/mol. The maximum Gasteiger partial charge on any atom is 0.159 e. The van der Waals surface area contributed by atoms with Crippen LogP contribution < -0.4 is 9.64 Å². The number of fused-ring (bicyclic) bond motifs is 6. The zero-order valence-corrected chi connectivity index (χ0v) is 23.3. The Labute approximate surface area is 249 Å². The fourth-order valence-electron chi connectivity index (χ4n) is 6.74. The van der Waals surface area contributed by atoms with Gasteiger partial charge in [-0.05, 0) is 59.5 Å². The molecular formula is C40H26N2O. The summed E-state index contributed by atoms with van der Waals surface area (Å²) < 4.78 is 9.17. The van der Waals surface area contributed by atoms with Crippen molar-refractivity contribution in [2.24, 2.45) is 0 Å². The highest BCUT2D eigenvalue weighted by atomic mass is 16.5. The van der Waals surface area contributed by atoms with Gasteiger partial charge in [-0.3, -0.25) is 0 Å². The molecule has 9 rings (SSSR count). The molecule has 2 heterocycles. The third-order valence-corrected chi connectivity index (χ3v) is 8.57. The summed E-state index contributed by atoms with van der Waals surface area (Å²) in [6.45, 7) is 0. The van der Waals surface area contributed by atoms with Crippen LogP contribution in [0, 0.1) is 0 Å². The van der Waals surface area contributed by atoms with Crippen LogP contribution in [0.25, 0.3) is 49.4 Å². The van der Waals surface area contributed by atoms with Crippen LogP contribution in [0.15, 0.2) is 158 Å². The predicted octanol–water partition coefficient (Wildman–Crippen LogP) is 11.2. The Kier molecular flexibility index (Phi) is 5.20. The number of nitrogens with zero attached hydrogens (tertiary/aromatic N) is 2. The molecule has 0 bridgehead atoms. The van der Waals surface area contributed by atoms with Crippen LogP contribution in [0.4, 0.5) is 17.1 Å². The third kappa shape index (κ3) is 3.55. The summed E-state index contributed by atoms with van der Waals surface area (Å²) in [6, 6.07) is 55.8. The molecule has 0 saturated carbocycles. The van der Waals surface area contributed by atoms with Crippen LogP contribution in [0.5, 0.6) is 11.5 Å². The summed E-state index contributed by atoms with van der Waals surface area (Å²) in [5, 5.41) is 4.80. The second-order valence-corrected chi connectivity index (χ2v) is 10.9. The van der Waals surface area contributed by atoms with Gasteiger partial charge in [0.05, 0.1) is 22.4 Å². The standard InChI is InChI=1S/C40H26N2O/c1-3-13-27(14-4-1)41(28-15-5-2-6-16-28)36-26-25-30(29-17-7-8-18-31(29)36)34-21-11-23-37-40(34)43-38-24-12-20-33-32-19-9-10-22-35(32)42(37)39(33)38/h1-26H. The highest BCUT2D eigenvalue weighted by Crippen LogP contribution is 2.50. The van der Waals surface area contributed by atoms with Crippen molar-refractivity contribution in [3.63, 3.8) is 0 Å². The Morgan fingerprint density at radius 1 is 0.442 bits per heavy atom. The number of anilines is 3. The van der Waals surface area contributed by atoms with Gasteiger partial charge in [0, 0.05) is 33.1 Å². The van der Waals surface area contributed by atoms with E-state index in [-0.39, 0.29) is 0 Å². The van der Waals surface area contributed by atoms with Crippen LogP contribution in [0.2, 0.25) is 0 Å². The maximum atomic E-state index is 6.80. The van der Waals surface area contributed by atoms with E-state index in [0.717, 1.165) is 50.9 Å². The van der Waals surface area contributed by atoms with Gasteiger partial charge in [0.15, 0.2) is 11.5 Å². The van der Waals surface area contributed by atoms with Gasteiger partial charge in [0.25, 0.3) is 0 Å².